The number of nitrogens with zero attached hydrogens (tertiary/aromatic N) is 2. The Labute approximate surface area is 153 Å². The van der Waals surface area contributed by atoms with Gasteiger partial charge in [0.05, 0.1) is 0 Å². The van der Waals surface area contributed by atoms with E-state index in [1.54, 1.807) is 0 Å². The summed E-state index contributed by atoms with van der Waals surface area (Å²) in [6.07, 6.45) is 3.06. The van der Waals surface area contributed by atoms with Crippen LogP contribution in [0.4, 0.5) is 0 Å². The first kappa shape index (κ1) is 20.1. The van der Waals surface area contributed by atoms with Crippen molar-refractivity contribution in [2.75, 3.05) is 32.8 Å². The van der Waals surface area contributed by atoms with Crippen molar-refractivity contribution >= 4 is 27.5 Å². The molecule has 0 aliphatic carbocycles. The monoisotopic (exact) mass is 389 g/mol. The van der Waals surface area contributed by atoms with E-state index in [0.29, 0.717) is 45.7 Å². The molecular weight excluding hydrogens is 366 g/mol. The summed E-state index contributed by atoms with van der Waals surface area (Å²) in [4.78, 5) is 16.1. The van der Waals surface area contributed by atoms with Gasteiger partial charge in [-0.05, 0) is 38.3 Å². The fourth-order valence-electron chi connectivity index (χ4n) is 2.70. The highest BCUT2D eigenvalue weighted by Crippen LogP contribution is 2.24. The second kappa shape index (κ2) is 9.47. The molecule has 0 bridgehead atoms. The largest absolute Gasteiger partial charge is 0.382 e. The number of carbonyl (C=O) groups excluding carboxylic acids is 1. The smallest absolute Gasteiger partial charge is 0.244 e. The van der Waals surface area contributed by atoms with Crippen LogP contribution in [0.2, 0.25) is 5.15 Å². The highest BCUT2D eigenvalue weighted by atomic mass is 35.5. The van der Waals surface area contributed by atoms with E-state index in [0.717, 1.165) is 6.42 Å². The van der Waals surface area contributed by atoms with E-state index in [2.05, 4.69) is 10.3 Å². The van der Waals surface area contributed by atoms with Crippen molar-refractivity contribution in [3.63, 3.8) is 0 Å². The molecule has 1 aliphatic rings. The zero-order valence-electron chi connectivity index (χ0n) is 14.3. The summed E-state index contributed by atoms with van der Waals surface area (Å²) in [6.45, 7) is 4.45. The standard InChI is InChI=1S/C16H24ClN3O4S/c1-2-24-11-3-8-18-16(21)13-6-9-20(10-7-13)25(22,23)14-4-5-15(17)19-12-14/h4-5,12-13H,2-3,6-11H2,1H3,(H,18,21). The number of hydrogen-bond acceptors (Lipinski definition) is 5. The molecule has 7 nitrogen and oxygen atoms in total. The first-order chi connectivity index (χ1) is 11.9. The van der Waals surface area contributed by atoms with Crippen LogP contribution in [0.1, 0.15) is 26.2 Å². The number of pyridine rings is 1. The molecule has 0 aromatic carbocycles. The van der Waals surface area contributed by atoms with Crippen LogP contribution in [0, 0.1) is 5.92 Å². The molecular formula is C16H24ClN3O4S. The van der Waals surface area contributed by atoms with E-state index in [4.69, 9.17) is 16.3 Å². The minimum Gasteiger partial charge on any atom is -0.382 e. The first-order valence-electron chi connectivity index (χ1n) is 8.42. The predicted molar refractivity (Wildman–Crippen MR) is 94.8 cm³/mol. The van der Waals surface area contributed by atoms with Gasteiger partial charge in [0.1, 0.15) is 10.0 Å². The Morgan fingerprint density at radius 2 is 2.12 bits per heavy atom. The molecule has 1 aromatic heterocycles. The van der Waals surface area contributed by atoms with E-state index in [1.165, 1.54) is 22.6 Å². The highest BCUT2D eigenvalue weighted by Gasteiger charge is 2.32. The number of piperidine rings is 1. The SMILES string of the molecule is CCOCCCNC(=O)C1CCN(S(=O)(=O)c2ccc(Cl)nc2)CC1. The fraction of sp³-hybridized carbons (Fsp3) is 0.625. The summed E-state index contributed by atoms with van der Waals surface area (Å²) in [5.74, 6) is -0.163. The lowest BCUT2D eigenvalue weighted by atomic mass is 9.97. The van der Waals surface area contributed by atoms with Crippen molar-refractivity contribution in [1.82, 2.24) is 14.6 Å². The Balaban J connectivity index is 1.82. The normalized spacial score (nSPS) is 16.7. The van der Waals surface area contributed by atoms with Gasteiger partial charge in [-0.1, -0.05) is 11.6 Å². The van der Waals surface area contributed by atoms with Gasteiger partial charge in [-0.15, -0.1) is 0 Å². The molecule has 1 saturated heterocycles. The number of hydrogen-bond donors (Lipinski definition) is 1. The van der Waals surface area contributed by atoms with E-state index in [1.807, 2.05) is 6.92 Å². The highest BCUT2D eigenvalue weighted by molar-refractivity contribution is 7.89. The summed E-state index contributed by atoms with van der Waals surface area (Å²) in [7, 11) is -3.59. The molecule has 0 saturated carbocycles. The maximum atomic E-state index is 12.6. The number of aromatic nitrogens is 1. The molecule has 2 rings (SSSR count). The second-order valence-electron chi connectivity index (χ2n) is 5.84. The van der Waals surface area contributed by atoms with E-state index in [-0.39, 0.29) is 21.9 Å². The van der Waals surface area contributed by atoms with Gasteiger partial charge in [0.15, 0.2) is 0 Å². The van der Waals surface area contributed by atoms with Crippen molar-refractivity contribution in [3.8, 4) is 0 Å². The number of ether oxygens (including phenoxy) is 1. The molecule has 1 aliphatic heterocycles. The molecule has 1 amide bonds. The van der Waals surface area contributed by atoms with Crippen LogP contribution in [0.15, 0.2) is 23.2 Å². The van der Waals surface area contributed by atoms with Gasteiger partial charge in [0, 0.05) is 45.0 Å². The predicted octanol–water partition coefficient (Wildman–Crippen LogP) is 1.68. The maximum absolute atomic E-state index is 12.6. The van der Waals surface area contributed by atoms with Crippen LogP contribution in [0.3, 0.4) is 0 Å². The molecule has 2 heterocycles. The molecule has 25 heavy (non-hydrogen) atoms. The summed E-state index contributed by atoms with van der Waals surface area (Å²) in [5, 5.41) is 3.14. The molecule has 140 valence electrons. The van der Waals surface area contributed by atoms with Crippen molar-refractivity contribution in [3.05, 3.63) is 23.5 Å². The summed E-state index contributed by atoms with van der Waals surface area (Å²) >= 11 is 5.70. The fourth-order valence-corrected chi connectivity index (χ4v) is 4.22. The minimum absolute atomic E-state index is 0.0123. The molecule has 0 radical (unpaired) electrons. The lowest BCUT2D eigenvalue weighted by Crippen LogP contribution is -2.43. The third-order valence-corrected chi connectivity index (χ3v) is 6.24. The Kier molecular flexibility index (Phi) is 7.61. The Bertz CT molecular complexity index is 658. The van der Waals surface area contributed by atoms with Crippen LogP contribution in [-0.4, -0.2) is 56.5 Å². The Morgan fingerprint density at radius 3 is 2.72 bits per heavy atom. The minimum atomic E-state index is -3.59. The number of halogens is 1. The molecule has 1 fully saturated rings. The summed E-state index contributed by atoms with van der Waals surface area (Å²) in [5.41, 5.74) is 0. The van der Waals surface area contributed by atoms with Gasteiger partial charge in [0.25, 0.3) is 0 Å². The van der Waals surface area contributed by atoms with Crippen LogP contribution < -0.4 is 5.32 Å². The number of sulfonamides is 1. The average Bonchev–Trinajstić information content (AvgIpc) is 2.62. The van der Waals surface area contributed by atoms with Crippen LogP contribution in [0.25, 0.3) is 0 Å². The zero-order valence-corrected chi connectivity index (χ0v) is 15.9. The van der Waals surface area contributed by atoms with Gasteiger partial charge in [-0.2, -0.15) is 4.31 Å². The maximum Gasteiger partial charge on any atom is 0.244 e. The second-order valence-corrected chi connectivity index (χ2v) is 8.16. The molecule has 0 unspecified atom stereocenters. The van der Waals surface area contributed by atoms with Gasteiger partial charge < -0.3 is 10.1 Å². The quantitative estimate of drug-likeness (QED) is 0.539. The van der Waals surface area contributed by atoms with E-state index < -0.39 is 10.0 Å². The molecule has 1 aromatic rings. The number of rotatable bonds is 8. The van der Waals surface area contributed by atoms with Crippen LogP contribution >= 0.6 is 11.6 Å². The average molecular weight is 390 g/mol. The number of nitrogens with one attached hydrogen (secondary N) is 1. The van der Waals surface area contributed by atoms with E-state index >= 15 is 0 Å². The third kappa shape index (κ3) is 5.64. The third-order valence-electron chi connectivity index (χ3n) is 4.13. The number of carbonyl (C=O) groups is 1. The van der Waals surface area contributed by atoms with Crippen molar-refractivity contribution in [2.45, 2.75) is 31.1 Å². The topological polar surface area (TPSA) is 88.6 Å². The summed E-state index contributed by atoms with van der Waals surface area (Å²) < 4.78 is 31.8. The first-order valence-corrected chi connectivity index (χ1v) is 10.2. The zero-order chi connectivity index (χ0) is 18.3. The van der Waals surface area contributed by atoms with Crippen LogP contribution in [-0.2, 0) is 19.6 Å². The lowest BCUT2D eigenvalue weighted by Gasteiger charge is -2.30. The van der Waals surface area contributed by atoms with Gasteiger partial charge in [0.2, 0.25) is 15.9 Å². The van der Waals surface area contributed by atoms with Gasteiger partial charge >= 0.3 is 0 Å². The molecule has 1 N–H and O–H groups in total. The van der Waals surface area contributed by atoms with Gasteiger partial charge in [-0.25, -0.2) is 13.4 Å². The molecule has 9 heteroatoms. The Hall–Kier alpha value is -1.22. The lowest BCUT2D eigenvalue weighted by molar-refractivity contribution is -0.126. The molecule has 0 atom stereocenters. The van der Waals surface area contributed by atoms with E-state index in [9.17, 15) is 13.2 Å². The van der Waals surface area contributed by atoms with Crippen molar-refractivity contribution in [1.29, 1.82) is 0 Å². The van der Waals surface area contributed by atoms with Crippen molar-refractivity contribution in [2.24, 2.45) is 5.92 Å². The van der Waals surface area contributed by atoms with Gasteiger partial charge in [-0.3, -0.25) is 4.79 Å². The Morgan fingerprint density at radius 1 is 1.40 bits per heavy atom. The molecule has 0 spiro atoms. The summed E-state index contributed by atoms with van der Waals surface area (Å²) in [6, 6.07) is 2.90. The van der Waals surface area contributed by atoms with Crippen LogP contribution in [0.5, 0.6) is 0 Å². The number of amides is 1. The van der Waals surface area contributed by atoms with Crippen molar-refractivity contribution < 1.29 is 17.9 Å².